The smallest absolute Gasteiger partial charge is 0.331 e. The molecule has 0 bridgehead atoms. The third-order valence-electron chi connectivity index (χ3n) is 4.26. The number of hydrogen-bond acceptors (Lipinski definition) is 4. The van der Waals surface area contributed by atoms with Gasteiger partial charge in [-0.2, -0.15) is 0 Å². The minimum atomic E-state index is -1.14. The number of hydrogen-bond donors (Lipinski definition) is 1. The summed E-state index contributed by atoms with van der Waals surface area (Å²) >= 11 is 0. The summed E-state index contributed by atoms with van der Waals surface area (Å²) in [6, 6.07) is 8.36. The topological polar surface area (TPSA) is 80.9 Å². The van der Waals surface area contributed by atoms with Gasteiger partial charge in [-0.05, 0) is 54.7 Å². The van der Waals surface area contributed by atoms with Crippen molar-refractivity contribution in [1.82, 2.24) is 20.2 Å². The Hall–Kier alpha value is -2.24. The van der Waals surface area contributed by atoms with Gasteiger partial charge in [-0.1, -0.05) is 24.3 Å². The molecule has 1 aliphatic carbocycles. The molecule has 21 heavy (non-hydrogen) atoms. The molecular formula is C15H18N4O2. The number of aromatic nitrogens is 4. The second-order valence-electron chi connectivity index (χ2n) is 6.02. The van der Waals surface area contributed by atoms with Gasteiger partial charge in [0.2, 0.25) is 0 Å². The van der Waals surface area contributed by atoms with Crippen molar-refractivity contribution in [2.24, 2.45) is 0 Å². The molecule has 2 aromatic rings. The molecule has 0 spiro atoms. The summed E-state index contributed by atoms with van der Waals surface area (Å²) in [7, 11) is 0. The average molecular weight is 286 g/mol. The van der Waals surface area contributed by atoms with E-state index in [2.05, 4.69) is 33.7 Å². The van der Waals surface area contributed by atoms with Crippen molar-refractivity contribution in [3.05, 3.63) is 41.2 Å². The van der Waals surface area contributed by atoms with E-state index in [1.165, 1.54) is 15.8 Å². The molecule has 1 aromatic heterocycles. The Kier molecular flexibility index (Phi) is 3.23. The molecule has 1 aliphatic rings. The van der Waals surface area contributed by atoms with Gasteiger partial charge in [0.1, 0.15) is 0 Å². The van der Waals surface area contributed by atoms with Crippen LogP contribution in [-0.4, -0.2) is 31.3 Å². The molecule has 0 radical (unpaired) electrons. The van der Waals surface area contributed by atoms with Gasteiger partial charge < -0.3 is 5.11 Å². The minimum absolute atomic E-state index is 0.161. The monoisotopic (exact) mass is 286 g/mol. The minimum Gasteiger partial charge on any atom is -0.479 e. The normalized spacial score (nSPS) is 18.3. The summed E-state index contributed by atoms with van der Waals surface area (Å²) in [6.45, 7) is 3.23. The van der Waals surface area contributed by atoms with E-state index in [0.717, 1.165) is 19.3 Å². The van der Waals surface area contributed by atoms with E-state index in [0.29, 0.717) is 5.82 Å². The summed E-state index contributed by atoms with van der Waals surface area (Å²) < 4.78 is 1.45. The first kappa shape index (κ1) is 13.7. The Labute approximate surface area is 122 Å². The van der Waals surface area contributed by atoms with E-state index in [1.54, 1.807) is 13.8 Å². The lowest BCUT2D eigenvalue weighted by atomic mass is 9.83. The summed E-state index contributed by atoms with van der Waals surface area (Å²) in [5.74, 6) is -0.113. The van der Waals surface area contributed by atoms with Crippen LogP contribution in [0.25, 0.3) is 0 Å². The summed E-state index contributed by atoms with van der Waals surface area (Å²) in [5, 5.41) is 21.1. The quantitative estimate of drug-likeness (QED) is 0.930. The van der Waals surface area contributed by atoms with Crippen molar-refractivity contribution in [3.8, 4) is 0 Å². The fourth-order valence-corrected chi connectivity index (χ4v) is 2.86. The molecule has 0 amide bonds. The van der Waals surface area contributed by atoms with Gasteiger partial charge in [0.25, 0.3) is 0 Å². The number of carboxylic acid groups (broad SMARTS) is 1. The van der Waals surface area contributed by atoms with Crippen molar-refractivity contribution in [3.63, 3.8) is 0 Å². The van der Waals surface area contributed by atoms with Crippen LogP contribution in [0.3, 0.4) is 0 Å². The number of carboxylic acids is 1. The van der Waals surface area contributed by atoms with E-state index in [1.807, 2.05) is 6.07 Å². The Morgan fingerprint density at radius 3 is 2.76 bits per heavy atom. The van der Waals surface area contributed by atoms with Crippen LogP contribution >= 0.6 is 0 Å². The fourth-order valence-electron chi connectivity index (χ4n) is 2.86. The maximum absolute atomic E-state index is 11.4. The van der Waals surface area contributed by atoms with Crippen LogP contribution in [0.2, 0.25) is 0 Å². The van der Waals surface area contributed by atoms with Crippen molar-refractivity contribution < 1.29 is 9.90 Å². The second kappa shape index (κ2) is 4.95. The van der Waals surface area contributed by atoms with E-state index < -0.39 is 11.5 Å². The van der Waals surface area contributed by atoms with Crippen LogP contribution in [0.1, 0.15) is 43.1 Å². The average Bonchev–Trinajstić information content (AvgIpc) is 2.96. The van der Waals surface area contributed by atoms with Crippen LogP contribution in [0.5, 0.6) is 0 Å². The predicted octanol–water partition coefficient (Wildman–Crippen LogP) is 1.77. The molecule has 0 aliphatic heterocycles. The Balaban J connectivity index is 1.94. The number of aliphatic carboxylic acids is 1. The molecule has 6 heteroatoms. The third kappa shape index (κ3) is 2.30. The fraction of sp³-hybridized carbons (Fsp3) is 0.467. The number of benzene rings is 1. The first-order valence-electron chi connectivity index (χ1n) is 7.09. The molecule has 1 aromatic carbocycles. The van der Waals surface area contributed by atoms with Crippen molar-refractivity contribution in [1.29, 1.82) is 0 Å². The van der Waals surface area contributed by atoms with E-state index in [4.69, 9.17) is 0 Å². The van der Waals surface area contributed by atoms with Crippen molar-refractivity contribution in [2.75, 3.05) is 0 Å². The number of carbonyl (C=O) groups is 1. The van der Waals surface area contributed by atoms with E-state index in [9.17, 15) is 9.90 Å². The van der Waals surface area contributed by atoms with Crippen LogP contribution in [-0.2, 0) is 23.2 Å². The zero-order valence-electron chi connectivity index (χ0n) is 12.2. The summed E-state index contributed by atoms with van der Waals surface area (Å²) in [5.41, 5.74) is 1.53. The lowest BCUT2D eigenvalue weighted by Crippen LogP contribution is -2.38. The van der Waals surface area contributed by atoms with Crippen molar-refractivity contribution >= 4 is 5.97 Å². The molecule has 0 saturated heterocycles. The molecule has 1 N–H and O–H groups in total. The Morgan fingerprint density at radius 1 is 1.33 bits per heavy atom. The summed E-state index contributed by atoms with van der Waals surface area (Å²) in [6.07, 6.45) is 2.76. The van der Waals surface area contributed by atoms with Gasteiger partial charge in [0.15, 0.2) is 11.4 Å². The second-order valence-corrected chi connectivity index (χ2v) is 6.02. The molecule has 3 rings (SSSR count). The lowest BCUT2D eigenvalue weighted by molar-refractivity contribution is -0.146. The third-order valence-corrected chi connectivity index (χ3v) is 4.26. The first-order chi connectivity index (χ1) is 10.00. The van der Waals surface area contributed by atoms with E-state index in [-0.39, 0.29) is 5.92 Å². The van der Waals surface area contributed by atoms with Crippen LogP contribution in [0, 0.1) is 0 Å². The molecule has 1 heterocycles. The zero-order valence-corrected chi connectivity index (χ0v) is 12.2. The lowest BCUT2D eigenvalue weighted by Gasteiger charge is -2.27. The van der Waals surface area contributed by atoms with Gasteiger partial charge in [0, 0.05) is 5.92 Å². The maximum Gasteiger partial charge on any atom is 0.331 e. The van der Waals surface area contributed by atoms with Gasteiger partial charge in [-0.15, -0.1) is 5.10 Å². The van der Waals surface area contributed by atoms with Gasteiger partial charge in [-0.25, -0.2) is 9.48 Å². The number of nitrogens with zero attached hydrogens (tertiary/aromatic N) is 4. The van der Waals surface area contributed by atoms with Crippen LogP contribution in [0.4, 0.5) is 0 Å². The highest BCUT2D eigenvalue weighted by Gasteiger charge is 2.36. The molecule has 1 unspecified atom stereocenters. The summed E-state index contributed by atoms with van der Waals surface area (Å²) in [4.78, 5) is 11.4. The number of rotatable bonds is 3. The Morgan fingerprint density at radius 2 is 2.05 bits per heavy atom. The number of tetrazole rings is 1. The molecular weight excluding hydrogens is 268 g/mol. The van der Waals surface area contributed by atoms with Gasteiger partial charge >= 0.3 is 5.97 Å². The van der Waals surface area contributed by atoms with Crippen LogP contribution in [0.15, 0.2) is 24.3 Å². The molecule has 1 atom stereocenters. The number of aryl methyl sites for hydroxylation is 1. The predicted molar refractivity (Wildman–Crippen MR) is 76.0 cm³/mol. The highest BCUT2D eigenvalue weighted by molar-refractivity contribution is 5.75. The standard InChI is InChI=1S/C15H18N4O2/c1-15(2,14(20)21)19-13(16-17-18-19)12-8-7-10-5-3-4-6-11(10)9-12/h3-6,12H,7-9H2,1-2H3,(H,20,21). The maximum atomic E-state index is 11.4. The van der Waals surface area contributed by atoms with Crippen molar-refractivity contribution in [2.45, 2.75) is 44.6 Å². The number of fused-ring (bicyclic) bond motifs is 1. The van der Waals surface area contributed by atoms with Gasteiger partial charge in [0.05, 0.1) is 0 Å². The Bertz CT molecular complexity index is 678. The van der Waals surface area contributed by atoms with Gasteiger partial charge in [-0.3, -0.25) is 0 Å². The highest BCUT2D eigenvalue weighted by Crippen LogP contribution is 2.32. The molecule has 0 saturated carbocycles. The van der Waals surface area contributed by atoms with E-state index >= 15 is 0 Å². The zero-order chi connectivity index (χ0) is 15.0. The van der Waals surface area contributed by atoms with Crippen LogP contribution < -0.4 is 0 Å². The highest BCUT2D eigenvalue weighted by atomic mass is 16.4. The first-order valence-corrected chi connectivity index (χ1v) is 7.09. The largest absolute Gasteiger partial charge is 0.479 e. The molecule has 0 fully saturated rings. The molecule has 110 valence electrons. The molecule has 6 nitrogen and oxygen atoms in total. The SMILES string of the molecule is CC(C)(C(=O)O)n1nnnc1C1CCc2ccccc2C1.